The molecule has 0 unspecified atom stereocenters. The van der Waals surface area contributed by atoms with E-state index in [0.717, 1.165) is 28.2 Å². The molecular weight excluding hydrogens is 338 g/mol. The predicted octanol–water partition coefficient (Wildman–Crippen LogP) is 5.05. The van der Waals surface area contributed by atoms with E-state index in [0.29, 0.717) is 5.75 Å². The molecule has 0 atom stereocenters. The second-order valence-corrected chi connectivity index (χ2v) is 5.01. The number of para-hydroxylation sites is 1. The van der Waals surface area contributed by atoms with Crippen molar-refractivity contribution in [3.05, 3.63) is 63.6 Å². The molecule has 100 valence electrons. The van der Waals surface area contributed by atoms with Gasteiger partial charge in [0.15, 0.2) is 0 Å². The molecule has 0 amide bonds. The average molecular weight is 348 g/mol. The van der Waals surface area contributed by atoms with Crippen LogP contribution in [0.5, 0.6) is 5.75 Å². The first-order chi connectivity index (χ1) is 9.11. The molecule has 2 rings (SSSR count). The highest BCUT2D eigenvalue weighted by molar-refractivity contribution is 9.10. The van der Waals surface area contributed by atoms with Gasteiger partial charge in [-0.2, -0.15) is 0 Å². The first-order valence-corrected chi connectivity index (χ1v) is 6.84. The molecular formula is C14H10BrClF2O. The van der Waals surface area contributed by atoms with Crippen molar-refractivity contribution in [3.63, 3.8) is 0 Å². The molecule has 2 aromatic rings. The number of rotatable bonds is 4. The summed E-state index contributed by atoms with van der Waals surface area (Å²) in [6, 6.07) is 8.71. The van der Waals surface area contributed by atoms with Crippen LogP contribution in [0, 0.1) is 11.6 Å². The Morgan fingerprint density at radius 1 is 1.11 bits per heavy atom. The quantitative estimate of drug-likeness (QED) is 0.704. The molecule has 2 aromatic carbocycles. The van der Waals surface area contributed by atoms with Gasteiger partial charge in [-0.1, -0.05) is 12.1 Å². The maximum Gasteiger partial charge on any atom is 0.138 e. The molecule has 0 radical (unpaired) electrons. The van der Waals surface area contributed by atoms with Gasteiger partial charge in [-0.15, -0.1) is 11.6 Å². The van der Waals surface area contributed by atoms with Gasteiger partial charge in [0.05, 0.1) is 10.4 Å². The predicted molar refractivity (Wildman–Crippen MR) is 74.4 cm³/mol. The molecule has 5 heteroatoms. The summed E-state index contributed by atoms with van der Waals surface area (Å²) < 4.78 is 32.8. The average Bonchev–Trinajstić information content (AvgIpc) is 2.40. The van der Waals surface area contributed by atoms with Crippen LogP contribution in [0.25, 0.3) is 0 Å². The van der Waals surface area contributed by atoms with Gasteiger partial charge in [0, 0.05) is 11.1 Å². The lowest BCUT2D eigenvalue weighted by Crippen LogP contribution is -2.01. The fourth-order valence-corrected chi connectivity index (χ4v) is 2.36. The third kappa shape index (κ3) is 3.45. The fraction of sp³-hybridized carbons (Fsp3) is 0.143. The van der Waals surface area contributed by atoms with Crippen LogP contribution in [-0.2, 0) is 12.5 Å². The molecule has 0 aliphatic carbocycles. The number of hydrogen-bond acceptors (Lipinski definition) is 1. The van der Waals surface area contributed by atoms with Crippen LogP contribution in [0.2, 0.25) is 0 Å². The van der Waals surface area contributed by atoms with Crippen molar-refractivity contribution in [2.75, 3.05) is 0 Å². The van der Waals surface area contributed by atoms with Gasteiger partial charge in [-0.3, -0.25) is 0 Å². The summed E-state index contributed by atoms with van der Waals surface area (Å²) >= 11 is 9.15. The summed E-state index contributed by atoms with van der Waals surface area (Å²) in [6.07, 6.45) is 0. The number of halogens is 4. The van der Waals surface area contributed by atoms with Gasteiger partial charge in [0.1, 0.15) is 24.0 Å². The van der Waals surface area contributed by atoms with E-state index in [-0.39, 0.29) is 18.1 Å². The highest BCUT2D eigenvalue weighted by Gasteiger charge is 2.10. The maximum absolute atomic E-state index is 13.5. The molecule has 0 N–H and O–H groups in total. The van der Waals surface area contributed by atoms with Gasteiger partial charge in [0.25, 0.3) is 0 Å². The molecule has 19 heavy (non-hydrogen) atoms. The Morgan fingerprint density at radius 2 is 1.89 bits per heavy atom. The Kier molecular flexibility index (Phi) is 4.77. The van der Waals surface area contributed by atoms with E-state index in [9.17, 15) is 8.78 Å². The number of hydrogen-bond donors (Lipinski definition) is 0. The normalized spacial score (nSPS) is 10.5. The van der Waals surface area contributed by atoms with E-state index in [2.05, 4.69) is 15.9 Å². The van der Waals surface area contributed by atoms with Crippen LogP contribution in [0.15, 0.2) is 40.9 Å². The fourth-order valence-electron chi connectivity index (χ4n) is 1.62. The summed E-state index contributed by atoms with van der Waals surface area (Å²) in [5, 5.41) is 0. The number of alkyl halides is 1. The molecule has 0 spiro atoms. The second kappa shape index (κ2) is 6.35. The second-order valence-electron chi connectivity index (χ2n) is 3.89. The molecule has 0 aliphatic rings. The molecule has 0 saturated heterocycles. The number of benzene rings is 2. The van der Waals surface area contributed by atoms with Crippen molar-refractivity contribution in [1.29, 1.82) is 0 Å². The highest BCUT2D eigenvalue weighted by Crippen LogP contribution is 2.31. The van der Waals surface area contributed by atoms with Crippen molar-refractivity contribution < 1.29 is 13.5 Å². The minimum absolute atomic E-state index is 0.0594. The Balaban J connectivity index is 2.21. The topological polar surface area (TPSA) is 9.23 Å². The zero-order valence-corrected chi connectivity index (χ0v) is 12.1. The lowest BCUT2D eigenvalue weighted by Gasteiger charge is -2.12. The van der Waals surface area contributed by atoms with Gasteiger partial charge in [-0.05, 0) is 40.2 Å². The molecule has 0 heterocycles. The molecule has 0 saturated carbocycles. The standard InChI is InChI=1S/C14H10BrClF2O/c15-12-3-1-2-9(7-16)14(12)19-8-10-6-11(17)4-5-13(10)18/h1-6H,7-8H2. The zero-order chi connectivity index (χ0) is 13.8. The smallest absolute Gasteiger partial charge is 0.138 e. The highest BCUT2D eigenvalue weighted by atomic mass is 79.9. The van der Waals surface area contributed by atoms with Crippen LogP contribution in [0.4, 0.5) is 8.78 Å². The molecule has 0 aromatic heterocycles. The SMILES string of the molecule is Fc1ccc(F)c(COc2c(Br)cccc2CCl)c1. The summed E-state index contributed by atoms with van der Waals surface area (Å²) in [4.78, 5) is 0. The first-order valence-electron chi connectivity index (χ1n) is 5.52. The van der Waals surface area contributed by atoms with E-state index in [1.165, 1.54) is 0 Å². The van der Waals surface area contributed by atoms with Crippen LogP contribution >= 0.6 is 27.5 Å². The van der Waals surface area contributed by atoms with Crippen LogP contribution in [0.1, 0.15) is 11.1 Å². The molecule has 0 aliphatic heterocycles. The third-order valence-electron chi connectivity index (χ3n) is 2.57. The molecule has 0 fully saturated rings. The lowest BCUT2D eigenvalue weighted by atomic mass is 10.2. The van der Waals surface area contributed by atoms with E-state index in [1.54, 1.807) is 6.07 Å². The Labute approximate surface area is 123 Å². The first kappa shape index (κ1) is 14.3. The van der Waals surface area contributed by atoms with Gasteiger partial charge in [0.2, 0.25) is 0 Å². The van der Waals surface area contributed by atoms with Gasteiger partial charge < -0.3 is 4.74 Å². The Hall–Kier alpha value is -1.13. The summed E-state index contributed by atoms with van der Waals surface area (Å²) in [5.41, 5.74) is 0.948. The van der Waals surface area contributed by atoms with Crippen molar-refractivity contribution in [2.45, 2.75) is 12.5 Å². The van der Waals surface area contributed by atoms with Crippen molar-refractivity contribution in [1.82, 2.24) is 0 Å². The van der Waals surface area contributed by atoms with Crippen molar-refractivity contribution in [2.24, 2.45) is 0 Å². The number of ether oxygens (including phenoxy) is 1. The van der Waals surface area contributed by atoms with E-state index in [4.69, 9.17) is 16.3 Å². The molecule has 1 nitrogen and oxygen atoms in total. The van der Waals surface area contributed by atoms with E-state index >= 15 is 0 Å². The van der Waals surface area contributed by atoms with Crippen LogP contribution in [0.3, 0.4) is 0 Å². The summed E-state index contributed by atoms with van der Waals surface area (Å²) in [7, 11) is 0. The minimum Gasteiger partial charge on any atom is -0.487 e. The summed E-state index contributed by atoms with van der Waals surface area (Å²) in [6.45, 7) is -0.0594. The maximum atomic E-state index is 13.5. The van der Waals surface area contributed by atoms with Crippen LogP contribution < -0.4 is 4.74 Å². The van der Waals surface area contributed by atoms with Gasteiger partial charge in [-0.25, -0.2) is 8.78 Å². The third-order valence-corrected chi connectivity index (χ3v) is 3.48. The van der Waals surface area contributed by atoms with Gasteiger partial charge >= 0.3 is 0 Å². The van der Waals surface area contributed by atoms with Crippen LogP contribution in [-0.4, -0.2) is 0 Å². The molecule has 0 bridgehead atoms. The minimum atomic E-state index is -0.499. The van der Waals surface area contributed by atoms with E-state index in [1.807, 2.05) is 12.1 Å². The Morgan fingerprint density at radius 3 is 2.63 bits per heavy atom. The largest absolute Gasteiger partial charge is 0.487 e. The van der Waals surface area contributed by atoms with Crippen molar-refractivity contribution >= 4 is 27.5 Å². The zero-order valence-electron chi connectivity index (χ0n) is 9.80. The van der Waals surface area contributed by atoms with E-state index < -0.39 is 11.6 Å². The Bertz CT molecular complexity index is 590. The van der Waals surface area contributed by atoms with Crippen molar-refractivity contribution in [3.8, 4) is 5.75 Å². The lowest BCUT2D eigenvalue weighted by molar-refractivity contribution is 0.295. The summed E-state index contributed by atoms with van der Waals surface area (Å²) in [5.74, 6) is -0.174. The monoisotopic (exact) mass is 346 g/mol.